The molecule has 11 aromatic rings. The van der Waals surface area contributed by atoms with Gasteiger partial charge in [-0.25, -0.2) is 0 Å². The molecule has 4 heterocycles. The summed E-state index contributed by atoms with van der Waals surface area (Å²) in [7, 11) is 0. The van der Waals surface area contributed by atoms with Gasteiger partial charge in [0.05, 0.1) is 27.6 Å². The van der Waals surface area contributed by atoms with E-state index < -0.39 is 0 Å². The fraction of sp³-hybridized carbons (Fsp3) is 0.0200. The average molecular weight is 706 g/mol. The molecular weight excluding hydrogens is 671 g/mol. The third-order valence-electron chi connectivity index (χ3n) is 11.3. The first-order valence-corrected chi connectivity index (χ1v) is 18.7. The molecule has 1 unspecified atom stereocenters. The first-order valence-electron chi connectivity index (χ1n) is 18.7. The maximum Gasteiger partial charge on any atom is 0.162 e. The molecule has 5 nitrogen and oxygen atoms in total. The van der Waals surface area contributed by atoms with Gasteiger partial charge in [0.1, 0.15) is 6.17 Å². The number of nitrogens with one attached hydrogen (secondary N) is 1. The van der Waals surface area contributed by atoms with Crippen molar-refractivity contribution < 1.29 is 0 Å². The molecule has 0 bridgehead atoms. The molecule has 0 saturated heterocycles. The van der Waals surface area contributed by atoms with Crippen LogP contribution in [0.1, 0.15) is 17.3 Å². The second-order valence-electron chi connectivity index (χ2n) is 14.1. The van der Waals surface area contributed by atoms with E-state index in [0.29, 0.717) is 0 Å². The Morgan fingerprint density at radius 2 is 1.11 bits per heavy atom. The second kappa shape index (κ2) is 12.1. The lowest BCUT2D eigenvalue weighted by Gasteiger charge is -2.28. The normalized spacial score (nSPS) is 14.4. The highest BCUT2D eigenvalue weighted by atomic mass is 15.5. The number of hydrazone groups is 1. The van der Waals surface area contributed by atoms with Gasteiger partial charge in [-0.2, -0.15) is 5.10 Å². The van der Waals surface area contributed by atoms with Crippen LogP contribution in [0.4, 0.5) is 5.69 Å². The van der Waals surface area contributed by atoms with Gasteiger partial charge in [-0.1, -0.05) is 121 Å². The summed E-state index contributed by atoms with van der Waals surface area (Å²) >= 11 is 0. The molecule has 1 aliphatic rings. The van der Waals surface area contributed by atoms with Crippen molar-refractivity contribution in [3.8, 4) is 5.69 Å². The van der Waals surface area contributed by atoms with Gasteiger partial charge in [0.25, 0.3) is 0 Å². The van der Waals surface area contributed by atoms with E-state index in [1.807, 2.05) is 6.07 Å². The standard InChI is InChI=1S/C48H31N5.C2H4/c1-3-12-30(13-4-1)47-49-50-48(31-14-5-2-6-15-31)52(47)34-25-23-33(24-26-34)51-42-21-10-8-17-38(42)45-39-29-40-37-19-11-18-36-35-16-7-9-20-41(35)53(46(36)37)44(40)28-32(39)22-27-43(45)51;1-2/h1-29,47,49H;1-2H2. The van der Waals surface area contributed by atoms with Gasteiger partial charge in [0.2, 0.25) is 0 Å². The number of fused-ring (bicyclic) bond motifs is 11. The maximum atomic E-state index is 4.85. The van der Waals surface area contributed by atoms with Gasteiger partial charge in [-0.3, -0.25) is 10.3 Å². The van der Waals surface area contributed by atoms with Gasteiger partial charge < -0.3 is 8.97 Å². The van der Waals surface area contributed by atoms with Crippen molar-refractivity contribution in [2.24, 2.45) is 5.10 Å². The third-order valence-corrected chi connectivity index (χ3v) is 11.3. The zero-order valence-corrected chi connectivity index (χ0v) is 30.0. The molecule has 0 saturated carbocycles. The van der Waals surface area contributed by atoms with Crippen molar-refractivity contribution in [3.05, 3.63) is 200 Å². The van der Waals surface area contributed by atoms with Gasteiger partial charge in [0.15, 0.2) is 5.84 Å². The SMILES string of the molecule is C=C.c1ccc(C2=NNC(c3ccccc3)N2c2ccc(-n3c4ccccc4c4c5cc6c7cccc8c9ccccc9n(c6cc5ccc43)c87)cc2)cc1. The molecule has 0 radical (unpaired) electrons. The molecular formula is C50H35N5. The summed E-state index contributed by atoms with van der Waals surface area (Å²) in [6.07, 6.45) is -0.121. The summed E-state index contributed by atoms with van der Waals surface area (Å²) < 4.78 is 4.89. The van der Waals surface area contributed by atoms with E-state index in [4.69, 9.17) is 5.10 Å². The fourth-order valence-corrected chi connectivity index (χ4v) is 9.03. The quantitative estimate of drug-likeness (QED) is 0.185. The Bertz CT molecular complexity index is 3270. The van der Waals surface area contributed by atoms with Crippen LogP contribution in [0.25, 0.3) is 76.4 Å². The largest absolute Gasteiger partial charge is 0.309 e. The van der Waals surface area contributed by atoms with E-state index in [1.165, 1.54) is 70.7 Å². The molecule has 0 amide bonds. The highest BCUT2D eigenvalue weighted by molar-refractivity contribution is 6.28. The van der Waals surface area contributed by atoms with E-state index in [1.54, 1.807) is 0 Å². The molecule has 5 heteroatoms. The van der Waals surface area contributed by atoms with Gasteiger partial charge in [-0.05, 0) is 70.9 Å². The summed E-state index contributed by atoms with van der Waals surface area (Å²) in [4.78, 5) is 2.30. The van der Waals surface area contributed by atoms with Gasteiger partial charge in [-0.15, -0.1) is 13.2 Å². The van der Waals surface area contributed by atoms with E-state index in [2.05, 4.69) is 202 Å². The topological polar surface area (TPSA) is 37.0 Å². The van der Waals surface area contributed by atoms with Gasteiger partial charge >= 0.3 is 0 Å². The summed E-state index contributed by atoms with van der Waals surface area (Å²) in [6, 6.07) is 63.7. The number of rotatable bonds is 4. The molecule has 1 aliphatic heterocycles. The first kappa shape index (κ1) is 31.2. The highest BCUT2D eigenvalue weighted by Crippen LogP contribution is 2.43. The summed E-state index contributed by atoms with van der Waals surface area (Å²) in [5.41, 5.74) is 14.1. The highest BCUT2D eigenvalue weighted by Gasteiger charge is 2.31. The summed E-state index contributed by atoms with van der Waals surface area (Å²) in [5.74, 6) is 0.901. The van der Waals surface area contributed by atoms with Crippen molar-refractivity contribution in [2.75, 3.05) is 4.90 Å². The molecule has 12 rings (SSSR count). The molecule has 3 aromatic heterocycles. The lowest BCUT2D eigenvalue weighted by Crippen LogP contribution is -2.33. The van der Waals surface area contributed by atoms with E-state index >= 15 is 0 Å². The number of benzene rings is 8. The molecule has 0 aliphatic carbocycles. The number of para-hydroxylation sites is 3. The minimum atomic E-state index is -0.121. The van der Waals surface area contributed by atoms with Crippen LogP contribution in [0.15, 0.2) is 194 Å². The molecule has 1 N–H and O–H groups in total. The van der Waals surface area contributed by atoms with Crippen LogP contribution in [0, 0.1) is 0 Å². The number of hydrogen-bond donors (Lipinski definition) is 1. The molecule has 55 heavy (non-hydrogen) atoms. The predicted molar refractivity (Wildman–Crippen MR) is 232 cm³/mol. The predicted octanol–water partition coefficient (Wildman–Crippen LogP) is 12.4. The second-order valence-corrected chi connectivity index (χ2v) is 14.1. The van der Waals surface area contributed by atoms with E-state index in [-0.39, 0.29) is 6.17 Å². The van der Waals surface area contributed by atoms with Crippen LogP contribution in [0.2, 0.25) is 0 Å². The Hall–Kier alpha value is -7.37. The maximum absolute atomic E-state index is 4.85. The van der Waals surface area contributed by atoms with Crippen LogP contribution < -0.4 is 10.3 Å². The number of aromatic nitrogens is 2. The van der Waals surface area contributed by atoms with Crippen LogP contribution >= 0.6 is 0 Å². The van der Waals surface area contributed by atoms with Crippen molar-refractivity contribution in [2.45, 2.75) is 6.17 Å². The number of anilines is 1. The van der Waals surface area contributed by atoms with Crippen molar-refractivity contribution in [1.29, 1.82) is 0 Å². The van der Waals surface area contributed by atoms with Crippen LogP contribution in [0.5, 0.6) is 0 Å². The zero-order chi connectivity index (χ0) is 36.6. The minimum Gasteiger partial charge on any atom is -0.309 e. The summed E-state index contributed by atoms with van der Waals surface area (Å²) in [5, 5.41) is 15.1. The van der Waals surface area contributed by atoms with Crippen LogP contribution in [0.3, 0.4) is 0 Å². The van der Waals surface area contributed by atoms with Crippen molar-refractivity contribution >= 4 is 82.2 Å². The lowest BCUT2D eigenvalue weighted by molar-refractivity contribution is 0.617. The average Bonchev–Trinajstić information content (AvgIpc) is 4.02. The zero-order valence-electron chi connectivity index (χ0n) is 30.0. The number of amidine groups is 1. The Morgan fingerprint density at radius 1 is 0.473 bits per heavy atom. The number of nitrogens with zero attached hydrogens (tertiary/aromatic N) is 4. The molecule has 8 aromatic carbocycles. The Kier molecular flexibility index (Phi) is 6.85. The smallest absolute Gasteiger partial charge is 0.162 e. The summed E-state index contributed by atoms with van der Waals surface area (Å²) in [6.45, 7) is 6.00. The van der Waals surface area contributed by atoms with Crippen LogP contribution in [-0.4, -0.2) is 14.8 Å². The molecule has 0 spiro atoms. The van der Waals surface area contributed by atoms with Gasteiger partial charge in [0, 0.05) is 49.3 Å². The monoisotopic (exact) mass is 705 g/mol. The Morgan fingerprint density at radius 3 is 1.89 bits per heavy atom. The van der Waals surface area contributed by atoms with Crippen LogP contribution in [-0.2, 0) is 0 Å². The van der Waals surface area contributed by atoms with E-state index in [0.717, 1.165) is 28.3 Å². The van der Waals surface area contributed by atoms with Crippen molar-refractivity contribution in [1.82, 2.24) is 14.4 Å². The van der Waals surface area contributed by atoms with E-state index in [9.17, 15) is 0 Å². The molecule has 260 valence electrons. The Balaban J connectivity index is 0.00000173. The van der Waals surface area contributed by atoms with Crippen molar-refractivity contribution in [3.63, 3.8) is 0 Å². The Labute approximate surface area is 317 Å². The fourth-order valence-electron chi connectivity index (χ4n) is 9.03. The molecule has 1 atom stereocenters. The molecule has 0 fully saturated rings. The first-order chi connectivity index (χ1) is 27.3. The lowest BCUT2D eigenvalue weighted by atomic mass is 10.0. The minimum absolute atomic E-state index is 0.121. The third kappa shape index (κ3) is 4.44. The number of hydrogen-bond acceptors (Lipinski definition) is 3.